The van der Waals surface area contributed by atoms with Crippen LogP contribution in [0, 0.1) is 0 Å². The summed E-state index contributed by atoms with van der Waals surface area (Å²) in [7, 11) is 0. The molecule has 160 valence electrons. The third-order valence-corrected chi connectivity index (χ3v) is 5.26. The zero-order chi connectivity index (χ0) is 22.1. The first-order chi connectivity index (χ1) is 15.5. The molecule has 0 radical (unpaired) electrons. The lowest BCUT2D eigenvalue weighted by molar-refractivity contribution is 0.116. The fraction of sp³-hybridized carbons (Fsp3) is 0.105. The van der Waals surface area contributed by atoms with Crippen LogP contribution in [-0.2, 0) is 6.54 Å². The Labute approximate surface area is 182 Å². The van der Waals surface area contributed by atoms with Gasteiger partial charge in [0.25, 0.3) is 5.89 Å². The van der Waals surface area contributed by atoms with Crippen molar-refractivity contribution < 1.29 is 13.2 Å². The number of halogens is 2. The molecule has 0 aliphatic carbocycles. The van der Waals surface area contributed by atoms with Gasteiger partial charge in [-0.3, -0.25) is 4.98 Å². The Kier molecular flexibility index (Phi) is 5.07. The lowest BCUT2D eigenvalue weighted by Gasteiger charge is -2.01. The predicted octanol–water partition coefficient (Wildman–Crippen LogP) is 3.48. The van der Waals surface area contributed by atoms with Gasteiger partial charge in [0.05, 0.1) is 16.1 Å². The minimum absolute atomic E-state index is 0.0249. The lowest BCUT2D eigenvalue weighted by Crippen LogP contribution is -2.05. The second kappa shape index (κ2) is 8.19. The summed E-state index contributed by atoms with van der Waals surface area (Å²) in [4.78, 5) is 10.7. The molecule has 13 heteroatoms. The van der Waals surface area contributed by atoms with E-state index >= 15 is 0 Å². The van der Waals surface area contributed by atoms with Gasteiger partial charge in [-0.05, 0) is 29.0 Å². The summed E-state index contributed by atoms with van der Waals surface area (Å²) in [6.45, 7) is 0.268. The van der Waals surface area contributed by atoms with E-state index in [1.54, 1.807) is 18.3 Å². The minimum Gasteiger partial charge on any atom is -0.415 e. The third kappa shape index (κ3) is 4.05. The molecule has 2 N–H and O–H groups in total. The molecule has 0 aliphatic rings. The average molecular weight is 453 g/mol. The smallest absolute Gasteiger partial charge is 0.314 e. The summed E-state index contributed by atoms with van der Waals surface area (Å²) in [6, 6.07) is 11.0. The number of nitrogens with two attached hydrogens (primary N) is 1. The van der Waals surface area contributed by atoms with Gasteiger partial charge in [0.2, 0.25) is 11.7 Å². The second-order valence-electron chi connectivity index (χ2n) is 6.57. The van der Waals surface area contributed by atoms with Crippen molar-refractivity contribution in [3.05, 3.63) is 60.4 Å². The van der Waals surface area contributed by atoms with Crippen molar-refractivity contribution in [2.75, 3.05) is 5.73 Å². The summed E-state index contributed by atoms with van der Waals surface area (Å²) in [5.74, 6) is -0.291. The summed E-state index contributed by atoms with van der Waals surface area (Å²) in [6.07, 6.45) is 0.360. The molecule has 0 fully saturated rings. The Morgan fingerprint density at radius 3 is 2.59 bits per heavy atom. The topological polar surface area (TPSA) is 134 Å². The summed E-state index contributed by atoms with van der Waals surface area (Å²) in [5, 5.41) is 20.0. The van der Waals surface area contributed by atoms with Crippen molar-refractivity contribution in [1.82, 2.24) is 40.4 Å². The molecule has 10 nitrogen and oxygen atoms in total. The van der Waals surface area contributed by atoms with E-state index in [4.69, 9.17) is 10.2 Å². The first kappa shape index (κ1) is 19.8. The normalized spacial score (nSPS) is 11.3. The molecule has 0 amide bonds. The van der Waals surface area contributed by atoms with Crippen LogP contribution in [0.15, 0.2) is 53.2 Å². The Hall–Kier alpha value is -4.13. The number of hydrogen-bond donors (Lipinski definition) is 1. The number of nitrogen functional groups attached to an aromatic ring is 1. The van der Waals surface area contributed by atoms with Crippen LogP contribution in [0.4, 0.5) is 13.9 Å². The Balaban J connectivity index is 1.31. The quantitative estimate of drug-likeness (QED) is 0.410. The zero-order valence-corrected chi connectivity index (χ0v) is 16.9. The van der Waals surface area contributed by atoms with Crippen LogP contribution >= 0.6 is 11.3 Å². The largest absolute Gasteiger partial charge is 0.415 e. The van der Waals surface area contributed by atoms with Gasteiger partial charge in [0.15, 0.2) is 5.13 Å². The monoisotopic (exact) mass is 453 g/mol. The standard InChI is InChI=1S/C19H13F2N9OS/c20-15(21)18-27-26-17(31-18)12-4-5-13(23-7-12)9-30-28-16(25-29-30)11-3-1-2-10(6-11)14-8-24-19(22)32-14/h1-8,15H,9H2,(H2,22,24). The van der Waals surface area contributed by atoms with Crippen molar-refractivity contribution in [1.29, 1.82) is 0 Å². The number of alkyl halides is 2. The number of benzene rings is 1. The van der Waals surface area contributed by atoms with Crippen LogP contribution in [0.3, 0.4) is 0 Å². The fourth-order valence-corrected chi connectivity index (χ4v) is 3.57. The van der Waals surface area contributed by atoms with Crippen molar-refractivity contribution in [3.8, 4) is 33.3 Å². The van der Waals surface area contributed by atoms with E-state index in [1.165, 1.54) is 22.3 Å². The molecule has 5 aromatic rings. The Morgan fingerprint density at radius 1 is 1.00 bits per heavy atom. The number of anilines is 1. The first-order valence-electron chi connectivity index (χ1n) is 9.22. The predicted molar refractivity (Wildman–Crippen MR) is 110 cm³/mol. The van der Waals surface area contributed by atoms with Gasteiger partial charge in [0, 0.05) is 18.0 Å². The van der Waals surface area contributed by atoms with Crippen molar-refractivity contribution >= 4 is 16.5 Å². The second-order valence-corrected chi connectivity index (χ2v) is 7.63. The van der Waals surface area contributed by atoms with E-state index < -0.39 is 12.3 Å². The van der Waals surface area contributed by atoms with E-state index in [0.717, 1.165) is 16.0 Å². The number of nitrogens with zero attached hydrogens (tertiary/aromatic N) is 8. The molecule has 0 saturated heterocycles. The summed E-state index contributed by atoms with van der Waals surface area (Å²) in [5.41, 5.74) is 8.55. The number of hydrogen-bond acceptors (Lipinski definition) is 10. The molecule has 5 rings (SSSR count). The van der Waals surface area contributed by atoms with Crippen molar-refractivity contribution in [2.45, 2.75) is 13.0 Å². The van der Waals surface area contributed by atoms with Crippen LogP contribution in [0.25, 0.3) is 33.3 Å². The van der Waals surface area contributed by atoms with Crippen LogP contribution in [-0.4, -0.2) is 40.4 Å². The first-order valence-corrected chi connectivity index (χ1v) is 10.0. The molecule has 0 atom stereocenters. The number of pyridine rings is 1. The van der Waals surface area contributed by atoms with Crippen LogP contribution in [0.2, 0.25) is 0 Å². The van der Waals surface area contributed by atoms with E-state index in [9.17, 15) is 8.78 Å². The highest BCUT2D eigenvalue weighted by Gasteiger charge is 2.17. The van der Waals surface area contributed by atoms with Gasteiger partial charge >= 0.3 is 6.43 Å². The number of thiazole rings is 1. The molecule has 4 aromatic heterocycles. The SMILES string of the molecule is Nc1ncc(-c2cccc(-c3nnn(Cc4ccc(-c5nnc(C(F)F)o5)cn4)n3)c2)s1. The number of tetrazole rings is 1. The average Bonchev–Trinajstić information content (AvgIpc) is 3.55. The fourth-order valence-electron chi connectivity index (χ4n) is 2.89. The van der Waals surface area contributed by atoms with Gasteiger partial charge in [-0.1, -0.05) is 29.5 Å². The molecular weight excluding hydrogens is 440 g/mol. The molecule has 0 spiro atoms. The summed E-state index contributed by atoms with van der Waals surface area (Å²) < 4.78 is 30.1. The van der Waals surface area contributed by atoms with E-state index in [2.05, 4.69) is 35.6 Å². The van der Waals surface area contributed by atoms with Gasteiger partial charge in [-0.25, -0.2) is 4.98 Å². The Morgan fingerprint density at radius 2 is 1.88 bits per heavy atom. The van der Waals surface area contributed by atoms with Gasteiger partial charge in [-0.15, -0.1) is 20.4 Å². The van der Waals surface area contributed by atoms with E-state index in [1.807, 2.05) is 24.3 Å². The van der Waals surface area contributed by atoms with Crippen LogP contribution in [0.1, 0.15) is 18.0 Å². The van der Waals surface area contributed by atoms with Crippen LogP contribution < -0.4 is 5.73 Å². The number of aromatic nitrogens is 8. The molecule has 0 unspecified atom stereocenters. The molecule has 4 heterocycles. The molecule has 32 heavy (non-hydrogen) atoms. The molecule has 1 aromatic carbocycles. The summed E-state index contributed by atoms with van der Waals surface area (Å²) >= 11 is 1.40. The zero-order valence-electron chi connectivity index (χ0n) is 16.1. The van der Waals surface area contributed by atoms with Gasteiger partial charge in [0.1, 0.15) is 6.54 Å². The van der Waals surface area contributed by atoms with Crippen molar-refractivity contribution in [3.63, 3.8) is 0 Å². The highest BCUT2D eigenvalue weighted by Crippen LogP contribution is 2.29. The molecule has 0 saturated carbocycles. The molecule has 0 bridgehead atoms. The maximum atomic E-state index is 12.6. The Bertz CT molecular complexity index is 1360. The highest BCUT2D eigenvalue weighted by molar-refractivity contribution is 7.18. The van der Waals surface area contributed by atoms with E-state index in [-0.39, 0.29) is 12.4 Å². The molecule has 0 aliphatic heterocycles. The highest BCUT2D eigenvalue weighted by atomic mass is 32.1. The van der Waals surface area contributed by atoms with Gasteiger partial charge in [-0.2, -0.15) is 13.6 Å². The maximum Gasteiger partial charge on any atom is 0.314 e. The lowest BCUT2D eigenvalue weighted by atomic mass is 10.1. The maximum absolute atomic E-state index is 12.6. The third-order valence-electron chi connectivity index (χ3n) is 4.38. The van der Waals surface area contributed by atoms with Gasteiger partial charge < -0.3 is 10.2 Å². The molecular formula is C19H13F2N9OS. The van der Waals surface area contributed by atoms with E-state index in [0.29, 0.717) is 22.2 Å². The number of rotatable bonds is 6. The van der Waals surface area contributed by atoms with Crippen LogP contribution in [0.5, 0.6) is 0 Å². The minimum atomic E-state index is -2.82. The van der Waals surface area contributed by atoms with Crippen molar-refractivity contribution in [2.24, 2.45) is 0 Å².